The first-order valence-electron chi connectivity index (χ1n) is 6.44. The van der Waals surface area contributed by atoms with E-state index in [-0.39, 0.29) is 0 Å². The third kappa shape index (κ3) is 7.03. The van der Waals surface area contributed by atoms with Gasteiger partial charge in [-0.3, -0.25) is 4.99 Å². The van der Waals surface area contributed by atoms with Gasteiger partial charge < -0.3 is 15.4 Å². The van der Waals surface area contributed by atoms with E-state index in [0.29, 0.717) is 0 Å². The number of ether oxygens (including phenoxy) is 1. The molecule has 4 nitrogen and oxygen atoms in total. The molecule has 0 aliphatic heterocycles. The van der Waals surface area contributed by atoms with Crippen LogP contribution in [-0.4, -0.2) is 39.8 Å². The molecular formula is C14H22ClN3O. The Bertz CT molecular complexity index is 379. The highest BCUT2D eigenvalue weighted by atomic mass is 35.5. The highest BCUT2D eigenvalue weighted by Crippen LogP contribution is 2.09. The summed E-state index contributed by atoms with van der Waals surface area (Å²) in [6, 6.07) is 7.90. The fourth-order valence-corrected chi connectivity index (χ4v) is 1.75. The molecule has 0 radical (unpaired) electrons. The van der Waals surface area contributed by atoms with Crippen LogP contribution in [0.15, 0.2) is 29.3 Å². The monoisotopic (exact) mass is 283 g/mol. The van der Waals surface area contributed by atoms with Crippen molar-refractivity contribution in [2.75, 3.05) is 33.9 Å². The molecule has 0 heterocycles. The van der Waals surface area contributed by atoms with Crippen molar-refractivity contribution in [3.63, 3.8) is 0 Å². The number of halogens is 1. The molecule has 0 unspecified atom stereocenters. The predicted octanol–water partition coefficient (Wildman–Crippen LogP) is 2.08. The Balaban J connectivity index is 2.20. The average molecular weight is 284 g/mol. The van der Waals surface area contributed by atoms with E-state index in [1.54, 1.807) is 14.2 Å². The Morgan fingerprint density at radius 1 is 1.21 bits per heavy atom. The molecule has 1 aromatic rings. The first-order valence-corrected chi connectivity index (χ1v) is 6.82. The van der Waals surface area contributed by atoms with Crippen LogP contribution in [0.25, 0.3) is 0 Å². The highest BCUT2D eigenvalue weighted by Gasteiger charge is 1.97. The van der Waals surface area contributed by atoms with Gasteiger partial charge in [-0.2, -0.15) is 0 Å². The molecule has 0 atom stereocenters. The minimum absolute atomic E-state index is 0.759. The summed E-state index contributed by atoms with van der Waals surface area (Å²) in [5, 5.41) is 7.28. The molecule has 0 bridgehead atoms. The van der Waals surface area contributed by atoms with E-state index in [2.05, 4.69) is 15.6 Å². The zero-order valence-corrected chi connectivity index (χ0v) is 12.3. The van der Waals surface area contributed by atoms with Crippen LogP contribution in [0.3, 0.4) is 0 Å². The molecular weight excluding hydrogens is 262 g/mol. The van der Waals surface area contributed by atoms with Crippen molar-refractivity contribution in [2.24, 2.45) is 4.99 Å². The SMILES string of the molecule is CN=C(NCCCOC)NCCc1ccc(Cl)cc1. The van der Waals surface area contributed by atoms with E-state index in [0.717, 1.165) is 43.5 Å². The maximum Gasteiger partial charge on any atom is 0.190 e. The van der Waals surface area contributed by atoms with Gasteiger partial charge in [0, 0.05) is 38.9 Å². The van der Waals surface area contributed by atoms with Crippen LogP contribution >= 0.6 is 11.6 Å². The summed E-state index contributed by atoms with van der Waals surface area (Å²) in [5.74, 6) is 0.824. The Hall–Kier alpha value is -1.26. The van der Waals surface area contributed by atoms with Crippen molar-refractivity contribution >= 4 is 17.6 Å². The third-order valence-corrected chi connectivity index (χ3v) is 2.91. The number of rotatable bonds is 7. The second kappa shape index (κ2) is 9.64. The van der Waals surface area contributed by atoms with Gasteiger partial charge in [0.05, 0.1) is 0 Å². The van der Waals surface area contributed by atoms with Crippen molar-refractivity contribution in [2.45, 2.75) is 12.8 Å². The lowest BCUT2D eigenvalue weighted by Gasteiger charge is -2.11. The number of aliphatic imine (C=N–C) groups is 1. The standard InChI is InChI=1S/C14H22ClN3O/c1-16-14(17-9-3-11-19-2)18-10-8-12-4-6-13(15)7-5-12/h4-7H,3,8-11H2,1-2H3,(H2,16,17,18). The summed E-state index contributed by atoms with van der Waals surface area (Å²) < 4.78 is 4.99. The van der Waals surface area contributed by atoms with E-state index < -0.39 is 0 Å². The maximum atomic E-state index is 5.85. The second-order valence-corrected chi connectivity index (χ2v) is 4.59. The van der Waals surface area contributed by atoms with E-state index in [1.165, 1.54) is 5.56 Å². The predicted molar refractivity (Wildman–Crippen MR) is 81.0 cm³/mol. The number of hydrogen-bond acceptors (Lipinski definition) is 2. The van der Waals surface area contributed by atoms with Gasteiger partial charge in [0.25, 0.3) is 0 Å². The lowest BCUT2D eigenvalue weighted by molar-refractivity contribution is 0.195. The van der Waals surface area contributed by atoms with Gasteiger partial charge >= 0.3 is 0 Å². The van der Waals surface area contributed by atoms with Crippen molar-refractivity contribution in [1.82, 2.24) is 10.6 Å². The van der Waals surface area contributed by atoms with Crippen LogP contribution in [0.1, 0.15) is 12.0 Å². The fourth-order valence-electron chi connectivity index (χ4n) is 1.62. The van der Waals surface area contributed by atoms with Crippen LogP contribution in [0, 0.1) is 0 Å². The zero-order valence-electron chi connectivity index (χ0n) is 11.6. The molecule has 0 fully saturated rings. The number of nitrogens with one attached hydrogen (secondary N) is 2. The molecule has 19 heavy (non-hydrogen) atoms. The average Bonchev–Trinajstić information content (AvgIpc) is 2.43. The molecule has 0 spiro atoms. The Kier molecular flexibility index (Phi) is 8.02. The fraction of sp³-hybridized carbons (Fsp3) is 0.500. The minimum Gasteiger partial charge on any atom is -0.385 e. The number of guanidine groups is 1. The van der Waals surface area contributed by atoms with E-state index in [4.69, 9.17) is 16.3 Å². The molecule has 0 aliphatic rings. The van der Waals surface area contributed by atoms with Gasteiger partial charge in [0.2, 0.25) is 0 Å². The zero-order chi connectivity index (χ0) is 13.9. The molecule has 0 saturated carbocycles. The molecule has 1 rings (SSSR count). The molecule has 0 aliphatic carbocycles. The van der Waals surface area contributed by atoms with Gasteiger partial charge in [0.1, 0.15) is 0 Å². The van der Waals surface area contributed by atoms with Crippen LogP contribution in [0.2, 0.25) is 5.02 Å². The van der Waals surface area contributed by atoms with E-state index in [1.807, 2.05) is 24.3 Å². The summed E-state index contributed by atoms with van der Waals surface area (Å²) in [4.78, 5) is 4.16. The molecule has 0 aromatic heterocycles. The van der Waals surface area contributed by atoms with Gasteiger partial charge in [-0.05, 0) is 30.5 Å². The minimum atomic E-state index is 0.759. The Morgan fingerprint density at radius 3 is 2.53 bits per heavy atom. The molecule has 0 amide bonds. The lowest BCUT2D eigenvalue weighted by Crippen LogP contribution is -2.38. The summed E-state index contributed by atoms with van der Waals surface area (Å²) in [6.45, 7) is 2.45. The Labute approximate surface area is 120 Å². The number of hydrogen-bond donors (Lipinski definition) is 2. The highest BCUT2D eigenvalue weighted by molar-refractivity contribution is 6.30. The quantitative estimate of drug-likeness (QED) is 0.458. The number of methoxy groups -OCH3 is 1. The Morgan fingerprint density at radius 2 is 1.89 bits per heavy atom. The van der Waals surface area contributed by atoms with Crippen LogP contribution in [0.5, 0.6) is 0 Å². The van der Waals surface area contributed by atoms with Crippen molar-refractivity contribution in [3.05, 3.63) is 34.9 Å². The van der Waals surface area contributed by atoms with Gasteiger partial charge in [0.15, 0.2) is 5.96 Å². The van der Waals surface area contributed by atoms with Crippen molar-refractivity contribution in [3.8, 4) is 0 Å². The van der Waals surface area contributed by atoms with Gasteiger partial charge in [-0.1, -0.05) is 23.7 Å². The second-order valence-electron chi connectivity index (χ2n) is 4.15. The lowest BCUT2D eigenvalue weighted by atomic mass is 10.1. The molecule has 1 aromatic carbocycles. The van der Waals surface area contributed by atoms with Gasteiger partial charge in [-0.25, -0.2) is 0 Å². The summed E-state index contributed by atoms with van der Waals surface area (Å²) in [6.07, 6.45) is 1.91. The molecule has 2 N–H and O–H groups in total. The summed E-state index contributed by atoms with van der Waals surface area (Å²) in [5.41, 5.74) is 1.26. The molecule has 106 valence electrons. The first kappa shape index (κ1) is 15.8. The first-order chi connectivity index (χ1) is 9.26. The van der Waals surface area contributed by atoms with Crippen LogP contribution in [-0.2, 0) is 11.2 Å². The molecule has 0 saturated heterocycles. The van der Waals surface area contributed by atoms with Gasteiger partial charge in [-0.15, -0.1) is 0 Å². The smallest absolute Gasteiger partial charge is 0.190 e. The van der Waals surface area contributed by atoms with Crippen LogP contribution < -0.4 is 10.6 Å². The normalized spacial score (nSPS) is 11.4. The molecule has 5 heteroatoms. The van der Waals surface area contributed by atoms with E-state index >= 15 is 0 Å². The third-order valence-electron chi connectivity index (χ3n) is 2.66. The maximum absolute atomic E-state index is 5.85. The largest absolute Gasteiger partial charge is 0.385 e. The van der Waals surface area contributed by atoms with Crippen molar-refractivity contribution in [1.29, 1.82) is 0 Å². The topological polar surface area (TPSA) is 45.7 Å². The summed E-state index contributed by atoms with van der Waals surface area (Å²) in [7, 11) is 3.48. The number of benzene rings is 1. The van der Waals surface area contributed by atoms with Crippen molar-refractivity contribution < 1.29 is 4.74 Å². The van der Waals surface area contributed by atoms with Crippen LogP contribution in [0.4, 0.5) is 0 Å². The number of nitrogens with zero attached hydrogens (tertiary/aromatic N) is 1. The van der Waals surface area contributed by atoms with E-state index in [9.17, 15) is 0 Å². The summed E-state index contributed by atoms with van der Waals surface area (Å²) >= 11 is 5.85.